The molecule has 1 atom stereocenters. The van der Waals surface area contributed by atoms with Crippen molar-refractivity contribution in [1.82, 2.24) is 4.90 Å². The molecule has 0 aromatic heterocycles. The summed E-state index contributed by atoms with van der Waals surface area (Å²) >= 11 is 0. The average molecular weight is 410 g/mol. The first-order chi connectivity index (χ1) is 13.3. The molecule has 166 valence electrons. The van der Waals surface area contributed by atoms with Crippen LogP contribution in [0.25, 0.3) is 0 Å². The first-order valence-corrected chi connectivity index (χ1v) is 15.7. The van der Waals surface area contributed by atoms with E-state index in [0.29, 0.717) is 5.67 Å². The standard InChI is InChI=1S/C25H53N2Si/c1-9-14-21-27(22-15-10-2,23-16-11-3)24-17-18-25(28(6,7)8)26(19-12-4)20-13-5/h12-13,25H,4-5,9-11,14-24H2,1-3,6-8H3/q+1. The molecule has 0 aromatic rings. The second-order valence-electron chi connectivity index (χ2n) is 9.85. The van der Waals surface area contributed by atoms with E-state index in [1.807, 2.05) is 0 Å². The maximum Gasteiger partial charge on any atom is 0.0787 e. The number of hydrogen-bond donors (Lipinski definition) is 0. The molecule has 0 N–H and O–H groups in total. The highest BCUT2D eigenvalue weighted by atomic mass is 28.3. The van der Waals surface area contributed by atoms with E-state index >= 15 is 0 Å². The molecule has 0 amide bonds. The van der Waals surface area contributed by atoms with Crippen LogP contribution in [0.2, 0.25) is 19.6 Å². The van der Waals surface area contributed by atoms with E-state index in [-0.39, 0.29) is 0 Å². The van der Waals surface area contributed by atoms with E-state index in [1.165, 1.54) is 82.0 Å². The van der Waals surface area contributed by atoms with Crippen LogP contribution in [-0.2, 0) is 0 Å². The van der Waals surface area contributed by atoms with Crippen molar-refractivity contribution in [2.45, 2.75) is 97.4 Å². The summed E-state index contributed by atoms with van der Waals surface area (Å²) in [6.45, 7) is 30.1. The van der Waals surface area contributed by atoms with E-state index in [0.717, 1.165) is 13.1 Å². The van der Waals surface area contributed by atoms with Gasteiger partial charge in [0, 0.05) is 18.8 Å². The maximum absolute atomic E-state index is 4.00. The van der Waals surface area contributed by atoms with Crippen LogP contribution in [0.15, 0.2) is 25.3 Å². The minimum absolute atomic E-state index is 0.717. The Labute approximate surface area is 179 Å². The van der Waals surface area contributed by atoms with Gasteiger partial charge in [-0.1, -0.05) is 71.8 Å². The van der Waals surface area contributed by atoms with Crippen molar-refractivity contribution in [2.75, 3.05) is 39.3 Å². The largest absolute Gasteiger partial charge is 0.324 e. The smallest absolute Gasteiger partial charge is 0.0787 e. The SMILES string of the molecule is C=CCN(CC=C)C(CCC[N+](CCCC)(CCCC)CCCC)[Si](C)(C)C. The normalized spacial score (nSPS) is 13.7. The fourth-order valence-corrected chi connectivity index (χ4v) is 6.97. The summed E-state index contributed by atoms with van der Waals surface area (Å²) < 4.78 is 1.37. The first-order valence-electron chi connectivity index (χ1n) is 12.1. The Morgan fingerprint density at radius 2 is 1.14 bits per heavy atom. The molecule has 1 unspecified atom stereocenters. The van der Waals surface area contributed by atoms with Gasteiger partial charge in [-0.25, -0.2) is 0 Å². The molecule has 0 heterocycles. The van der Waals surface area contributed by atoms with Crippen LogP contribution < -0.4 is 0 Å². The van der Waals surface area contributed by atoms with Gasteiger partial charge in [0.2, 0.25) is 0 Å². The highest BCUT2D eigenvalue weighted by Gasteiger charge is 2.32. The average Bonchev–Trinajstić information content (AvgIpc) is 2.65. The number of nitrogens with zero attached hydrogens (tertiary/aromatic N) is 2. The molecule has 0 saturated heterocycles. The van der Waals surface area contributed by atoms with Crippen molar-refractivity contribution in [3.8, 4) is 0 Å². The van der Waals surface area contributed by atoms with E-state index in [9.17, 15) is 0 Å². The molecule has 0 aliphatic heterocycles. The second-order valence-corrected chi connectivity index (χ2v) is 15.3. The van der Waals surface area contributed by atoms with Crippen LogP contribution in [0.5, 0.6) is 0 Å². The van der Waals surface area contributed by atoms with Crippen LogP contribution in [0.1, 0.15) is 72.1 Å². The quantitative estimate of drug-likeness (QED) is 0.127. The maximum atomic E-state index is 4.00. The Kier molecular flexibility index (Phi) is 15.2. The molecule has 2 nitrogen and oxygen atoms in total. The molecule has 0 bridgehead atoms. The monoisotopic (exact) mass is 409 g/mol. The summed E-state index contributed by atoms with van der Waals surface area (Å²) in [7, 11) is -1.27. The summed E-state index contributed by atoms with van der Waals surface area (Å²) in [6.07, 6.45) is 14.9. The summed E-state index contributed by atoms with van der Waals surface area (Å²) in [4.78, 5) is 2.63. The van der Waals surface area contributed by atoms with Crippen molar-refractivity contribution >= 4 is 8.07 Å². The molecule has 0 aliphatic rings. The fraction of sp³-hybridized carbons (Fsp3) is 0.840. The van der Waals surface area contributed by atoms with Crippen molar-refractivity contribution in [2.24, 2.45) is 0 Å². The molecule has 0 aromatic carbocycles. The van der Waals surface area contributed by atoms with Gasteiger partial charge in [0.15, 0.2) is 0 Å². The van der Waals surface area contributed by atoms with Crippen LogP contribution in [-0.4, -0.2) is 62.4 Å². The van der Waals surface area contributed by atoms with E-state index in [1.54, 1.807) is 0 Å². The van der Waals surface area contributed by atoms with Crippen LogP contribution in [0.4, 0.5) is 0 Å². The predicted molar refractivity (Wildman–Crippen MR) is 133 cm³/mol. The summed E-state index contributed by atoms with van der Waals surface area (Å²) in [6, 6.07) is 0. The van der Waals surface area contributed by atoms with E-state index in [4.69, 9.17) is 0 Å². The summed E-state index contributed by atoms with van der Waals surface area (Å²) in [5.74, 6) is 0. The van der Waals surface area contributed by atoms with Crippen LogP contribution >= 0.6 is 0 Å². The topological polar surface area (TPSA) is 3.24 Å². The van der Waals surface area contributed by atoms with Crippen molar-refractivity contribution < 1.29 is 4.48 Å². The fourth-order valence-electron chi connectivity index (χ4n) is 4.60. The third-order valence-corrected chi connectivity index (χ3v) is 8.89. The lowest BCUT2D eigenvalue weighted by molar-refractivity contribution is -0.929. The molecule has 0 rings (SSSR count). The third kappa shape index (κ3) is 11.0. The lowest BCUT2D eigenvalue weighted by Crippen LogP contribution is -2.53. The molecule has 0 fully saturated rings. The molecule has 0 saturated carbocycles. The summed E-state index contributed by atoms with van der Waals surface area (Å²) in [5, 5.41) is 0. The van der Waals surface area contributed by atoms with E-state index in [2.05, 4.69) is 70.6 Å². The minimum atomic E-state index is -1.27. The van der Waals surface area contributed by atoms with Gasteiger partial charge in [-0.3, -0.25) is 4.90 Å². The molecular formula is C25H53N2Si+. The third-order valence-electron chi connectivity index (χ3n) is 6.24. The predicted octanol–water partition coefficient (Wildman–Crippen LogP) is 6.90. The molecule has 28 heavy (non-hydrogen) atoms. The number of rotatable bonds is 19. The Balaban J connectivity index is 5.22. The van der Waals surface area contributed by atoms with Crippen LogP contribution in [0.3, 0.4) is 0 Å². The van der Waals surface area contributed by atoms with Crippen molar-refractivity contribution in [3.05, 3.63) is 25.3 Å². The van der Waals surface area contributed by atoms with Gasteiger partial charge >= 0.3 is 0 Å². The van der Waals surface area contributed by atoms with E-state index < -0.39 is 8.07 Å². The second kappa shape index (κ2) is 15.5. The molecule has 0 aliphatic carbocycles. The van der Waals surface area contributed by atoms with Gasteiger partial charge in [-0.15, -0.1) is 13.2 Å². The highest BCUT2D eigenvalue weighted by Crippen LogP contribution is 2.23. The zero-order chi connectivity index (χ0) is 21.5. The number of hydrogen-bond acceptors (Lipinski definition) is 1. The Bertz CT molecular complexity index is 368. The van der Waals surface area contributed by atoms with Gasteiger partial charge in [-0.05, 0) is 32.1 Å². The zero-order valence-electron chi connectivity index (χ0n) is 20.4. The zero-order valence-corrected chi connectivity index (χ0v) is 21.4. The Hall–Kier alpha value is -0.383. The van der Waals surface area contributed by atoms with Gasteiger partial charge in [0.05, 0.1) is 34.3 Å². The minimum Gasteiger partial charge on any atom is -0.324 e. The highest BCUT2D eigenvalue weighted by molar-refractivity contribution is 6.77. The Morgan fingerprint density at radius 1 is 0.750 bits per heavy atom. The summed E-state index contributed by atoms with van der Waals surface area (Å²) in [5.41, 5.74) is 0.717. The lowest BCUT2D eigenvalue weighted by Gasteiger charge is -2.42. The lowest BCUT2D eigenvalue weighted by atomic mass is 10.1. The molecule has 0 radical (unpaired) electrons. The number of unbranched alkanes of at least 4 members (excludes halogenated alkanes) is 3. The Morgan fingerprint density at radius 3 is 1.46 bits per heavy atom. The number of quaternary nitrogens is 1. The first kappa shape index (κ1) is 27.6. The molecule has 3 heteroatoms. The van der Waals surface area contributed by atoms with Crippen molar-refractivity contribution in [3.63, 3.8) is 0 Å². The van der Waals surface area contributed by atoms with Gasteiger partial charge in [0.25, 0.3) is 0 Å². The van der Waals surface area contributed by atoms with Gasteiger partial charge in [0.1, 0.15) is 0 Å². The molecule has 0 spiro atoms. The van der Waals surface area contributed by atoms with Crippen LogP contribution in [0, 0.1) is 0 Å². The van der Waals surface area contributed by atoms with Crippen molar-refractivity contribution in [1.29, 1.82) is 0 Å². The van der Waals surface area contributed by atoms with Gasteiger partial charge < -0.3 is 4.48 Å². The molecular weight excluding hydrogens is 356 g/mol. The van der Waals surface area contributed by atoms with Gasteiger partial charge in [-0.2, -0.15) is 0 Å².